The maximum Gasteiger partial charge on any atom is 0.275 e. The molecule has 16 heavy (non-hydrogen) atoms. The fraction of sp³-hybridized carbons (Fsp3) is 0.545. The number of nitro groups is 1. The van der Waals surface area contributed by atoms with Crippen molar-refractivity contribution in [2.75, 3.05) is 0 Å². The summed E-state index contributed by atoms with van der Waals surface area (Å²) in [6.45, 7) is 5.33. The van der Waals surface area contributed by atoms with E-state index in [0.29, 0.717) is 17.7 Å². The van der Waals surface area contributed by atoms with Crippen molar-refractivity contribution in [2.45, 2.75) is 39.2 Å². The van der Waals surface area contributed by atoms with Gasteiger partial charge in [0.15, 0.2) is 0 Å². The summed E-state index contributed by atoms with van der Waals surface area (Å²) in [6.07, 6.45) is 1.56. The summed E-state index contributed by atoms with van der Waals surface area (Å²) in [5.74, 6) is -0.190. The average Bonchev–Trinajstić information content (AvgIpc) is 2.27. The highest BCUT2D eigenvalue weighted by Crippen LogP contribution is 2.24. The predicted molar refractivity (Wildman–Crippen MR) is 60.3 cm³/mol. The smallest absolute Gasteiger partial charge is 0.275 e. The fourth-order valence-corrected chi connectivity index (χ4v) is 1.53. The van der Waals surface area contributed by atoms with Crippen LogP contribution in [0.5, 0.6) is 0 Å². The normalized spacial score (nSPS) is 14.5. The predicted octanol–water partition coefficient (Wildman–Crippen LogP) is 2.17. The molecule has 0 aliphatic carbocycles. The molecule has 0 aromatic carbocycles. The molecule has 2 unspecified atom stereocenters. The monoisotopic (exact) mass is 224 g/mol. The van der Waals surface area contributed by atoms with Gasteiger partial charge in [0.2, 0.25) is 0 Å². The Morgan fingerprint density at radius 1 is 1.62 bits per heavy atom. The minimum atomic E-state index is -0.519. The number of aliphatic hydroxyl groups excluding tert-OH is 1. The fourth-order valence-electron chi connectivity index (χ4n) is 1.53. The second-order valence-electron chi connectivity index (χ2n) is 3.92. The molecule has 2 atom stereocenters. The van der Waals surface area contributed by atoms with Gasteiger partial charge in [0, 0.05) is 23.7 Å². The van der Waals surface area contributed by atoms with Crippen LogP contribution in [0.3, 0.4) is 0 Å². The Balaban J connectivity index is 3.07. The summed E-state index contributed by atoms with van der Waals surface area (Å²) in [6, 6.07) is 1.44. The van der Waals surface area contributed by atoms with Crippen LogP contribution in [0, 0.1) is 17.0 Å². The number of aliphatic hydroxyl groups is 1. The second-order valence-corrected chi connectivity index (χ2v) is 3.92. The van der Waals surface area contributed by atoms with E-state index in [4.69, 9.17) is 0 Å². The van der Waals surface area contributed by atoms with E-state index >= 15 is 0 Å². The van der Waals surface area contributed by atoms with Gasteiger partial charge in [0.25, 0.3) is 5.69 Å². The first-order valence-electron chi connectivity index (χ1n) is 5.26. The summed E-state index contributed by atoms with van der Waals surface area (Å²) in [5, 5.41) is 20.4. The van der Waals surface area contributed by atoms with Crippen LogP contribution >= 0.6 is 0 Å². The van der Waals surface area contributed by atoms with Crippen LogP contribution in [-0.4, -0.2) is 21.1 Å². The maximum atomic E-state index is 10.8. The van der Waals surface area contributed by atoms with E-state index in [1.807, 2.05) is 13.8 Å². The number of aryl methyl sites for hydroxylation is 1. The zero-order valence-corrected chi connectivity index (χ0v) is 9.67. The third-order valence-corrected chi connectivity index (χ3v) is 2.75. The molecule has 5 nitrogen and oxygen atoms in total. The lowest BCUT2D eigenvalue weighted by molar-refractivity contribution is -0.385. The number of nitrogens with zero attached hydrogens (tertiary/aromatic N) is 2. The summed E-state index contributed by atoms with van der Waals surface area (Å²) in [4.78, 5) is 14.5. The van der Waals surface area contributed by atoms with Gasteiger partial charge in [-0.2, -0.15) is 0 Å². The van der Waals surface area contributed by atoms with Crippen LogP contribution < -0.4 is 0 Å². The zero-order valence-electron chi connectivity index (χ0n) is 9.67. The molecule has 0 aliphatic heterocycles. The van der Waals surface area contributed by atoms with Crippen LogP contribution in [0.2, 0.25) is 0 Å². The van der Waals surface area contributed by atoms with Crippen molar-refractivity contribution in [3.8, 4) is 0 Å². The third-order valence-electron chi connectivity index (χ3n) is 2.75. The van der Waals surface area contributed by atoms with Crippen molar-refractivity contribution < 1.29 is 10.0 Å². The van der Waals surface area contributed by atoms with Crippen LogP contribution in [0.1, 0.15) is 37.4 Å². The molecule has 88 valence electrons. The molecule has 5 heteroatoms. The van der Waals surface area contributed by atoms with Gasteiger partial charge in [0.05, 0.1) is 16.7 Å². The summed E-state index contributed by atoms with van der Waals surface area (Å²) >= 11 is 0. The molecule has 1 rings (SSSR count). The van der Waals surface area contributed by atoms with Crippen LogP contribution in [0.15, 0.2) is 12.3 Å². The van der Waals surface area contributed by atoms with Gasteiger partial charge in [-0.05, 0) is 13.3 Å². The Labute approximate surface area is 94.3 Å². The Morgan fingerprint density at radius 2 is 2.25 bits per heavy atom. The number of hydrogen-bond acceptors (Lipinski definition) is 4. The van der Waals surface area contributed by atoms with Crippen molar-refractivity contribution in [3.63, 3.8) is 0 Å². The second kappa shape index (κ2) is 5.03. The van der Waals surface area contributed by atoms with Crippen molar-refractivity contribution in [3.05, 3.63) is 33.6 Å². The van der Waals surface area contributed by atoms with E-state index in [1.165, 1.54) is 12.3 Å². The molecular weight excluding hydrogens is 208 g/mol. The highest BCUT2D eigenvalue weighted by atomic mass is 16.6. The molecule has 1 N–H and O–H groups in total. The largest absolute Gasteiger partial charge is 0.392 e. The molecule has 0 radical (unpaired) electrons. The Morgan fingerprint density at radius 3 is 2.75 bits per heavy atom. The first kappa shape index (κ1) is 12.6. The average molecular weight is 224 g/mol. The van der Waals surface area contributed by atoms with Crippen molar-refractivity contribution in [1.29, 1.82) is 0 Å². The Kier molecular flexibility index (Phi) is 3.95. The number of aromatic nitrogens is 1. The molecule has 0 amide bonds. The van der Waals surface area contributed by atoms with Crippen molar-refractivity contribution in [1.82, 2.24) is 4.98 Å². The molecule has 0 spiro atoms. The van der Waals surface area contributed by atoms with Crippen LogP contribution in [0.25, 0.3) is 0 Å². The standard InChI is InChI=1S/C11H16N2O3/c1-4-11(14)8(3)9-5-10(13(15)16)7(2)6-12-9/h5-6,8,11,14H,4H2,1-3H3. The van der Waals surface area contributed by atoms with E-state index < -0.39 is 11.0 Å². The molecule has 0 aliphatic rings. The van der Waals surface area contributed by atoms with Crippen molar-refractivity contribution >= 4 is 5.69 Å². The molecule has 1 aromatic rings. The number of rotatable bonds is 4. The highest BCUT2D eigenvalue weighted by Gasteiger charge is 2.19. The lowest BCUT2D eigenvalue weighted by Gasteiger charge is -2.16. The van der Waals surface area contributed by atoms with Crippen LogP contribution in [-0.2, 0) is 0 Å². The van der Waals surface area contributed by atoms with E-state index in [0.717, 1.165) is 0 Å². The quantitative estimate of drug-likeness (QED) is 0.628. The van der Waals surface area contributed by atoms with Gasteiger partial charge in [-0.3, -0.25) is 15.1 Å². The van der Waals surface area contributed by atoms with E-state index in [-0.39, 0.29) is 11.6 Å². The summed E-state index contributed by atoms with van der Waals surface area (Å²) < 4.78 is 0. The van der Waals surface area contributed by atoms with Gasteiger partial charge in [-0.15, -0.1) is 0 Å². The molecule has 0 saturated heterocycles. The Hall–Kier alpha value is -1.49. The van der Waals surface area contributed by atoms with Crippen LogP contribution in [0.4, 0.5) is 5.69 Å². The summed E-state index contributed by atoms with van der Waals surface area (Å²) in [5.41, 5.74) is 1.15. The van der Waals surface area contributed by atoms with Gasteiger partial charge >= 0.3 is 0 Å². The van der Waals surface area contributed by atoms with E-state index in [2.05, 4.69) is 4.98 Å². The Bertz CT molecular complexity index is 393. The van der Waals surface area contributed by atoms with Gasteiger partial charge in [-0.1, -0.05) is 13.8 Å². The van der Waals surface area contributed by atoms with Crippen molar-refractivity contribution in [2.24, 2.45) is 0 Å². The SMILES string of the molecule is CCC(O)C(C)c1cc([N+](=O)[O-])c(C)cn1. The zero-order chi connectivity index (χ0) is 12.3. The highest BCUT2D eigenvalue weighted by molar-refractivity contribution is 5.39. The first-order valence-corrected chi connectivity index (χ1v) is 5.26. The van der Waals surface area contributed by atoms with Gasteiger partial charge in [-0.25, -0.2) is 0 Å². The first-order chi connectivity index (χ1) is 7.47. The third kappa shape index (κ3) is 2.55. The number of pyridine rings is 1. The molecule has 0 saturated carbocycles. The molecule has 1 heterocycles. The minimum absolute atomic E-state index is 0.0557. The van der Waals surface area contributed by atoms with E-state index in [1.54, 1.807) is 6.92 Å². The number of hydrogen-bond donors (Lipinski definition) is 1. The van der Waals surface area contributed by atoms with Gasteiger partial charge < -0.3 is 5.11 Å². The van der Waals surface area contributed by atoms with Gasteiger partial charge in [0.1, 0.15) is 0 Å². The lowest BCUT2D eigenvalue weighted by Crippen LogP contribution is -2.16. The van der Waals surface area contributed by atoms with E-state index in [9.17, 15) is 15.2 Å². The maximum absolute atomic E-state index is 10.8. The molecule has 1 aromatic heterocycles. The molecule has 0 fully saturated rings. The molecular formula is C11H16N2O3. The summed E-state index contributed by atoms with van der Waals surface area (Å²) in [7, 11) is 0. The topological polar surface area (TPSA) is 76.3 Å². The molecule has 0 bridgehead atoms. The minimum Gasteiger partial charge on any atom is -0.392 e. The lowest BCUT2D eigenvalue weighted by atomic mass is 9.97.